The SMILES string of the molecule is CN(Cc1c(N)cccc1Br)c1ccc(O)cc1. The quantitative estimate of drug-likeness (QED) is 0.855. The largest absolute Gasteiger partial charge is 0.508 e. The number of nitrogen functional groups attached to an aromatic ring is 1. The van der Waals surface area contributed by atoms with Gasteiger partial charge in [-0.25, -0.2) is 0 Å². The number of halogens is 1. The van der Waals surface area contributed by atoms with E-state index in [-0.39, 0.29) is 5.75 Å². The summed E-state index contributed by atoms with van der Waals surface area (Å²) in [6.45, 7) is 0.706. The summed E-state index contributed by atoms with van der Waals surface area (Å²) in [6.07, 6.45) is 0. The normalized spacial score (nSPS) is 10.3. The van der Waals surface area contributed by atoms with Crippen LogP contribution < -0.4 is 10.6 Å². The minimum absolute atomic E-state index is 0.271. The van der Waals surface area contributed by atoms with Crippen LogP contribution in [0.15, 0.2) is 46.9 Å². The predicted octanol–water partition coefficient (Wildman–Crippen LogP) is 3.37. The van der Waals surface area contributed by atoms with Crippen molar-refractivity contribution in [3.8, 4) is 5.75 Å². The number of aromatic hydroxyl groups is 1. The lowest BCUT2D eigenvalue weighted by atomic mass is 10.1. The number of phenolic OH excluding ortho intramolecular Hbond substituents is 1. The van der Waals surface area contributed by atoms with Crippen molar-refractivity contribution < 1.29 is 5.11 Å². The van der Waals surface area contributed by atoms with Crippen molar-refractivity contribution in [2.24, 2.45) is 0 Å². The van der Waals surface area contributed by atoms with Crippen LogP contribution in [0.5, 0.6) is 5.75 Å². The molecule has 0 aliphatic carbocycles. The molecule has 0 unspecified atom stereocenters. The van der Waals surface area contributed by atoms with Crippen molar-refractivity contribution in [3.05, 3.63) is 52.5 Å². The Morgan fingerprint density at radius 2 is 1.83 bits per heavy atom. The number of hydrogen-bond donors (Lipinski definition) is 2. The summed E-state index contributed by atoms with van der Waals surface area (Å²) in [4.78, 5) is 2.08. The maximum absolute atomic E-state index is 9.27. The van der Waals surface area contributed by atoms with Crippen LogP contribution in [-0.2, 0) is 6.54 Å². The van der Waals surface area contributed by atoms with Gasteiger partial charge in [-0.15, -0.1) is 0 Å². The molecule has 0 aliphatic heterocycles. The molecule has 0 aromatic heterocycles. The van der Waals surface area contributed by atoms with Gasteiger partial charge in [-0.05, 0) is 36.4 Å². The van der Waals surface area contributed by atoms with Crippen LogP contribution in [0, 0.1) is 0 Å². The monoisotopic (exact) mass is 306 g/mol. The smallest absolute Gasteiger partial charge is 0.115 e. The number of phenols is 1. The molecule has 3 N–H and O–H groups in total. The van der Waals surface area contributed by atoms with Crippen molar-refractivity contribution in [2.75, 3.05) is 17.7 Å². The van der Waals surface area contributed by atoms with E-state index >= 15 is 0 Å². The molecule has 0 atom stereocenters. The van der Waals surface area contributed by atoms with Gasteiger partial charge in [0.15, 0.2) is 0 Å². The molecule has 0 saturated heterocycles. The third-order valence-electron chi connectivity index (χ3n) is 2.84. The molecule has 0 saturated carbocycles. The first-order valence-electron chi connectivity index (χ1n) is 5.61. The molecule has 2 aromatic rings. The minimum Gasteiger partial charge on any atom is -0.508 e. The number of nitrogens with zero attached hydrogens (tertiary/aromatic N) is 1. The van der Waals surface area contributed by atoms with E-state index in [0.29, 0.717) is 6.54 Å². The molecule has 0 heterocycles. The van der Waals surface area contributed by atoms with Gasteiger partial charge in [-0.3, -0.25) is 0 Å². The van der Waals surface area contributed by atoms with Gasteiger partial charge in [0.05, 0.1) is 0 Å². The lowest BCUT2D eigenvalue weighted by Gasteiger charge is -2.21. The maximum Gasteiger partial charge on any atom is 0.115 e. The van der Waals surface area contributed by atoms with Crippen molar-refractivity contribution in [1.29, 1.82) is 0 Å². The molecule has 4 heteroatoms. The Labute approximate surface area is 115 Å². The zero-order valence-corrected chi connectivity index (χ0v) is 11.7. The van der Waals surface area contributed by atoms with Crippen LogP contribution in [0.2, 0.25) is 0 Å². The van der Waals surface area contributed by atoms with E-state index in [1.807, 2.05) is 37.4 Å². The Bertz CT molecular complexity index is 520. The number of hydrogen-bond acceptors (Lipinski definition) is 3. The third-order valence-corrected chi connectivity index (χ3v) is 3.58. The van der Waals surface area contributed by atoms with Crippen LogP contribution in [0.4, 0.5) is 11.4 Å². The molecule has 0 radical (unpaired) electrons. The molecule has 0 amide bonds. The zero-order chi connectivity index (χ0) is 13.1. The fourth-order valence-electron chi connectivity index (χ4n) is 1.78. The summed E-state index contributed by atoms with van der Waals surface area (Å²) in [5, 5.41) is 9.27. The van der Waals surface area contributed by atoms with Gasteiger partial charge < -0.3 is 15.7 Å². The van der Waals surface area contributed by atoms with Crippen LogP contribution in [0.1, 0.15) is 5.56 Å². The first kappa shape index (κ1) is 12.8. The second-order valence-electron chi connectivity index (χ2n) is 4.18. The fourth-order valence-corrected chi connectivity index (χ4v) is 2.28. The molecule has 0 bridgehead atoms. The van der Waals surface area contributed by atoms with Crippen molar-refractivity contribution in [2.45, 2.75) is 6.54 Å². The summed E-state index contributed by atoms with van der Waals surface area (Å²) >= 11 is 3.51. The summed E-state index contributed by atoms with van der Waals surface area (Å²) < 4.78 is 1.01. The summed E-state index contributed by atoms with van der Waals surface area (Å²) in [5.74, 6) is 0.271. The van der Waals surface area contributed by atoms with E-state index in [2.05, 4.69) is 20.8 Å². The van der Waals surface area contributed by atoms with E-state index in [1.54, 1.807) is 12.1 Å². The molecular formula is C14H15BrN2O. The Kier molecular flexibility index (Phi) is 3.77. The second-order valence-corrected chi connectivity index (χ2v) is 5.03. The van der Waals surface area contributed by atoms with Gasteiger partial charge in [-0.2, -0.15) is 0 Å². The van der Waals surface area contributed by atoms with E-state index in [0.717, 1.165) is 21.4 Å². The van der Waals surface area contributed by atoms with Crippen LogP contribution in [0.3, 0.4) is 0 Å². The average molecular weight is 307 g/mol. The molecule has 18 heavy (non-hydrogen) atoms. The highest BCUT2D eigenvalue weighted by Gasteiger charge is 2.08. The van der Waals surface area contributed by atoms with Crippen LogP contribution >= 0.6 is 15.9 Å². The molecular weight excluding hydrogens is 292 g/mol. The molecule has 0 spiro atoms. The number of benzene rings is 2. The van der Waals surface area contributed by atoms with Crippen molar-refractivity contribution >= 4 is 27.3 Å². The maximum atomic E-state index is 9.27. The van der Waals surface area contributed by atoms with Crippen LogP contribution in [-0.4, -0.2) is 12.2 Å². The van der Waals surface area contributed by atoms with Crippen LogP contribution in [0.25, 0.3) is 0 Å². The lowest BCUT2D eigenvalue weighted by molar-refractivity contribution is 0.475. The minimum atomic E-state index is 0.271. The topological polar surface area (TPSA) is 49.5 Å². The molecule has 0 aliphatic rings. The highest BCUT2D eigenvalue weighted by molar-refractivity contribution is 9.10. The number of rotatable bonds is 3. The Morgan fingerprint density at radius 3 is 2.44 bits per heavy atom. The van der Waals surface area contributed by atoms with Gasteiger partial charge >= 0.3 is 0 Å². The van der Waals surface area contributed by atoms with E-state index < -0.39 is 0 Å². The second kappa shape index (κ2) is 5.31. The molecule has 2 aromatic carbocycles. The summed E-state index contributed by atoms with van der Waals surface area (Å²) in [6, 6.07) is 12.9. The molecule has 0 fully saturated rings. The highest BCUT2D eigenvalue weighted by atomic mass is 79.9. The summed E-state index contributed by atoms with van der Waals surface area (Å²) in [7, 11) is 1.99. The molecule has 3 nitrogen and oxygen atoms in total. The highest BCUT2D eigenvalue weighted by Crippen LogP contribution is 2.26. The lowest BCUT2D eigenvalue weighted by Crippen LogP contribution is -2.17. The first-order valence-corrected chi connectivity index (χ1v) is 6.40. The Hall–Kier alpha value is -1.68. The first-order chi connectivity index (χ1) is 8.58. The number of anilines is 2. The summed E-state index contributed by atoms with van der Waals surface area (Å²) in [5.41, 5.74) is 8.84. The van der Waals surface area contributed by atoms with Gasteiger partial charge in [0.1, 0.15) is 5.75 Å². The molecule has 94 valence electrons. The van der Waals surface area contributed by atoms with Crippen molar-refractivity contribution in [1.82, 2.24) is 0 Å². The van der Waals surface area contributed by atoms with Gasteiger partial charge in [0.2, 0.25) is 0 Å². The van der Waals surface area contributed by atoms with E-state index in [9.17, 15) is 5.11 Å². The third kappa shape index (κ3) is 2.76. The average Bonchev–Trinajstić information content (AvgIpc) is 2.34. The van der Waals surface area contributed by atoms with E-state index in [1.165, 1.54) is 0 Å². The van der Waals surface area contributed by atoms with E-state index in [4.69, 9.17) is 5.73 Å². The molecule has 2 rings (SSSR count). The zero-order valence-electron chi connectivity index (χ0n) is 10.1. The van der Waals surface area contributed by atoms with Gasteiger partial charge in [0.25, 0.3) is 0 Å². The Balaban J connectivity index is 2.21. The van der Waals surface area contributed by atoms with Gasteiger partial charge in [-0.1, -0.05) is 22.0 Å². The van der Waals surface area contributed by atoms with Crippen molar-refractivity contribution in [3.63, 3.8) is 0 Å². The fraction of sp³-hybridized carbons (Fsp3) is 0.143. The standard InChI is InChI=1S/C14H15BrN2O/c1-17(10-5-7-11(18)8-6-10)9-12-13(15)3-2-4-14(12)16/h2-8,18H,9,16H2,1H3. The predicted molar refractivity (Wildman–Crippen MR) is 78.8 cm³/mol. The number of nitrogens with two attached hydrogens (primary N) is 1. The Morgan fingerprint density at radius 1 is 1.17 bits per heavy atom. The van der Waals surface area contributed by atoms with Gasteiger partial charge in [0, 0.05) is 35.0 Å².